The molecular weight excluding hydrogens is 288 g/mol. The van der Waals surface area contributed by atoms with E-state index in [0.717, 1.165) is 12.1 Å². The molecule has 2 aromatic rings. The number of aryl methyl sites for hydroxylation is 1. The number of hydrogen-bond acceptors (Lipinski definition) is 3. The van der Waals surface area contributed by atoms with E-state index >= 15 is 0 Å². The predicted octanol–water partition coefficient (Wildman–Crippen LogP) is 2.48. The molecule has 1 heterocycles. The minimum absolute atomic E-state index is 0.342. The van der Waals surface area contributed by atoms with Gasteiger partial charge in [-0.2, -0.15) is 18.3 Å². The highest BCUT2D eigenvalue weighted by Crippen LogP contribution is 2.33. The summed E-state index contributed by atoms with van der Waals surface area (Å²) in [4.78, 5) is 4.03. The lowest BCUT2D eigenvalue weighted by molar-refractivity contribution is -0.140. The summed E-state index contributed by atoms with van der Waals surface area (Å²) in [7, 11) is 3.32. The molecule has 1 N–H and O–H groups in total. The van der Waals surface area contributed by atoms with Crippen LogP contribution in [0, 0.1) is 5.82 Å². The van der Waals surface area contributed by atoms with Crippen LogP contribution in [0.4, 0.5) is 17.6 Å². The van der Waals surface area contributed by atoms with E-state index in [1.54, 1.807) is 18.8 Å². The van der Waals surface area contributed by atoms with Gasteiger partial charge in [0.05, 0.1) is 5.56 Å². The van der Waals surface area contributed by atoms with Crippen molar-refractivity contribution >= 4 is 0 Å². The second-order valence-corrected chi connectivity index (χ2v) is 4.58. The molecule has 0 amide bonds. The number of likely N-dealkylation sites (N-methyl/N-ethyl adjacent to an activating group) is 1. The van der Waals surface area contributed by atoms with Crippen LogP contribution in [-0.4, -0.2) is 21.8 Å². The molecule has 0 aliphatic heterocycles. The highest BCUT2D eigenvalue weighted by Gasteiger charge is 2.34. The number of nitrogens with one attached hydrogen (secondary N) is 1. The first-order valence-corrected chi connectivity index (χ1v) is 6.19. The van der Waals surface area contributed by atoms with Crippen molar-refractivity contribution in [3.8, 4) is 0 Å². The fourth-order valence-electron chi connectivity index (χ4n) is 2.05. The van der Waals surface area contributed by atoms with Crippen LogP contribution >= 0.6 is 0 Å². The van der Waals surface area contributed by atoms with Crippen molar-refractivity contribution < 1.29 is 17.6 Å². The standard InChI is InChI=1S/C13H14F4N4/c1-18-11(6-12-19-7-20-21(12)2)8-3-4-10(14)9(5-8)13(15,16)17/h3-5,7,11,18H,6H2,1-2H3. The summed E-state index contributed by atoms with van der Waals surface area (Å²) >= 11 is 0. The molecule has 0 saturated carbocycles. The van der Waals surface area contributed by atoms with Crippen LogP contribution in [0.5, 0.6) is 0 Å². The van der Waals surface area contributed by atoms with Gasteiger partial charge in [0, 0.05) is 19.5 Å². The van der Waals surface area contributed by atoms with Crippen molar-refractivity contribution in [3.05, 3.63) is 47.3 Å². The molecule has 0 fully saturated rings. The van der Waals surface area contributed by atoms with Gasteiger partial charge < -0.3 is 5.32 Å². The second-order valence-electron chi connectivity index (χ2n) is 4.58. The average Bonchev–Trinajstić information content (AvgIpc) is 2.81. The molecule has 21 heavy (non-hydrogen) atoms. The Morgan fingerprint density at radius 1 is 1.33 bits per heavy atom. The Bertz CT molecular complexity index is 621. The largest absolute Gasteiger partial charge is 0.419 e. The summed E-state index contributed by atoms with van der Waals surface area (Å²) in [5, 5.41) is 6.82. The van der Waals surface area contributed by atoms with Crippen molar-refractivity contribution in [3.63, 3.8) is 0 Å². The summed E-state index contributed by atoms with van der Waals surface area (Å²) in [6.45, 7) is 0. The zero-order valence-electron chi connectivity index (χ0n) is 11.4. The molecule has 0 spiro atoms. The number of aromatic nitrogens is 3. The molecular formula is C13H14F4N4. The fraction of sp³-hybridized carbons (Fsp3) is 0.385. The van der Waals surface area contributed by atoms with Gasteiger partial charge in [-0.15, -0.1) is 0 Å². The molecule has 1 atom stereocenters. The minimum atomic E-state index is -4.72. The van der Waals surface area contributed by atoms with Gasteiger partial charge in [0.2, 0.25) is 0 Å². The van der Waals surface area contributed by atoms with Gasteiger partial charge in [0.1, 0.15) is 18.0 Å². The quantitative estimate of drug-likeness (QED) is 0.882. The fourth-order valence-corrected chi connectivity index (χ4v) is 2.05. The van der Waals surface area contributed by atoms with Crippen molar-refractivity contribution in [2.75, 3.05) is 7.05 Å². The summed E-state index contributed by atoms with van der Waals surface area (Å²) < 4.78 is 53.1. The SMILES string of the molecule is CNC(Cc1ncnn1C)c1ccc(F)c(C(F)(F)F)c1. The number of benzene rings is 1. The predicted molar refractivity (Wildman–Crippen MR) is 67.9 cm³/mol. The van der Waals surface area contributed by atoms with Crippen LogP contribution < -0.4 is 5.32 Å². The maximum absolute atomic E-state index is 13.3. The summed E-state index contributed by atoms with van der Waals surface area (Å²) in [5.41, 5.74) is -0.924. The maximum Gasteiger partial charge on any atom is 0.419 e. The third-order valence-electron chi connectivity index (χ3n) is 3.24. The Hall–Kier alpha value is -1.96. The third-order valence-corrected chi connectivity index (χ3v) is 3.24. The molecule has 2 rings (SSSR count). The Morgan fingerprint density at radius 2 is 2.05 bits per heavy atom. The Kier molecular flexibility index (Phi) is 4.26. The van der Waals surface area contributed by atoms with Crippen LogP contribution in [0.3, 0.4) is 0 Å². The highest BCUT2D eigenvalue weighted by molar-refractivity contribution is 5.30. The minimum Gasteiger partial charge on any atom is -0.313 e. The van der Waals surface area contributed by atoms with Crippen LogP contribution in [0.25, 0.3) is 0 Å². The van der Waals surface area contributed by atoms with Gasteiger partial charge in [-0.1, -0.05) is 6.07 Å². The molecule has 0 bridgehead atoms. The van der Waals surface area contributed by atoms with Crippen LogP contribution in [0.2, 0.25) is 0 Å². The van der Waals surface area contributed by atoms with Crippen molar-refractivity contribution in [1.82, 2.24) is 20.1 Å². The number of rotatable bonds is 4. The van der Waals surface area contributed by atoms with Gasteiger partial charge in [-0.25, -0.2) is 9.37 Å². The third kappa shape index (κ3) is 3.38. The van der Waals surface area contributed by atoms with Gasteiger partial charge >= 0.3 is 6.18 Å². The van der Waals surface area contributed by atoms with Gasteiger partial charge in [-0.05, 0) is 24.7 Å². The molecule has 1 unspecified atom stereocenters. The molecule has 0 aliphatic rings. The van der Waals surface area contributed by atoms with E-state index in [4.69, 9.17) is 0 Å². The summed E-state index contributed by atoms with van der Waals surface area (Å²) in [6.07, 6.45) is -3.01. The van der Waals surface area contributed by atoms with Gasteiger partial charge in [0.15, 0.2) is 0 Å². The molecule has 0 saturated heterocycles. The lowest BCUT2D eigenvalue weighted by atomic mass is 10.0. The maximum atomic E-state index is 13.3. The number of nitrogens with zero attached hydrogens (tertiary/aromatic N) is 3. The van der Waals surface area contributed by atoms with E-state index in [1.165, 1.54) is 12.4 Å². The normalized spacial score (nSPS) is 13.4. The van der Waals surface area contributed by atoms with Gasteiger partial charge in [-0.3, -0.25) is 4.68 Å². The molecule has 1 aromatic carbocycles. The molecule has 1 aromatic heterocycles. The van der Waals surface area contributed by atoms with Crippen molar-refractivity contribution in [2.45, 2.75) is 18.6 Å². The van der Waals surface area contributed by atoms with Crippen LogP contribution in [0.15, 0.2) is 24.5 Å². The molecule has 114 valence electrons. The second kappa shape index (κ2) is 5.80. The number of hydrogen-bond donors (Lipinski definition) is 1. The Balaban J connectivity index is 2.33. The first kappa shape index (κ1) is 15.4. The van der Waals surface area contributed by atoms with Crippen LogP contribution in [0.1, 0.15) is 23.0 Å². The Labute approximate surface area is 118 Å². The monoisotopic (exact) mass is 302 g/mol. The van der Waals surface area contributed by atoms with Gasteiger partial charge in [0.25, 0.3) is 0 Å². The highest BCUT2D eigenvalue weighted by atomic mass is 19.4. The van der Waals surface area contributed by atoms with E-state index in [0.29, 0.717) is 17.8 Å². The van der Waals surface area contributed by atoms with E-state index in [9.17, 15) is 17.6 Å². The lowest BCUT2D eigenvalue weighted by Gasteiger charge is -2.18. The zero-order valence-corrected chi connectivity index (χ0v) is 11.4. The van der Waals surface area contributed by atoms with E-state index in [1.807, 2.05) is 0 Å². The van der Waals surface area contributed by atoms with E-state index in [2.05, 4.69) is 15.4 Å². The Morgan fingerprint density at radius 3 is 2.57 bits per heavy atom. The van der Waals surface area contributed by atoms with E-state index in [-0.39, 0.29) is 0 Å². The number of alkyl halides is 3. The first-order valence-electron chi connectivity index (χ1n) is 6.19. The average molecular weight is 302 g/mol. The first-order chi connectivity index (χ1) is 9.82. The smallest absolute Gasteiger partial charge is 0.313 e. The van der Waals surface area contributed by atoms with Crippen LogP contribution in [-0.2, 0) is 19.6 Å². The molecule has 0 aliphatic carbocycles. The molecule has 8 heteroatoms. The summed E-state index contributed by atoms with van der Waals surface area (Å²) in [5.74, 6) is -0.660. The van der Waals surface area contributed by atoms with E-state index < -0.39 is 23.6 Å². The summed E-state index contributed by atoms with van der Waals surface area (Å²) in [6, 6.07) is 2.57. The molecule has 0 radical (unpaired) electrons. The molecule has 4 nitrogen and oxygen atoms in total. The van der Waals surface area contributed by atoms with Crippen molar-refractivity contribution in [2.24, 2.45) is 7.05 Å². The lowest BCUT2D eigenvalue weighted by Crippen LogP contribution is -2.21. The topological polar surface area (TPSA) is 42.7 Å². The van der Waals surface area contributed by atoms with Crippen molar-refractivity contribution in [1.29, 1.82) is 0 Å². The number of halogens is 4. The zero-order chi connectivity index (χ0) is 15.6.